The molecule has 6 heteroatoms. The van der Waals surface area contributed by atoms with E-state index < -0.39 is 10.0 Å². The summed E-state index contributed by atoms with van der Waals surface area (Å²) in [6, 6.07) is 12.3. The molecule has 2 rings (SSSR count). The third kappa shape index (κ3) is 2.49. The van der Waals surface area contributed by atoms with Gasteiger partial charge in [-0.3, -0.25) is 4.79 Å². The van der Waals surface area contributed by atoms with E-state index in [2.05, 4.69) is 10.0 Å². The largest absolute Gasteiger partial charge is 0.345 e. The topological polar surface area (TPSA) is 75.3 Å². The summed E-state index contributed by atoms with van der Waals surface area (Å²) in [6.07, 6.45) is 0.436. The molecule has 0 spiro atoms. The maximum Gasteiger partial charge on any atom is 0.242 e. The molecule has 18 heavy (non-hydrogen) atoms. The molecule has 0 fully saturated rings. The van der Waals surface area contributed by atoms with Gasteiger partial charge in [-0.1, -0.05) is 36.4 Å². The Hall–Kier alpha value is -1.92. The predicted octanol–water partition coefficient (Wildman–Crippen LogP) is 0.822. The van der Waals surface area contributed by atoms with Crippen LogP contribution in [0.2, 0.25) is 0 Å². The van der Waals surface area contributed by atoms with E-state index in [4.69, 9.17) is 0 Å². The number of amides is 1. The van der Waals surface area contributed by atoms with Gasteiger partial charge < -0.3 is 5.32 Å². The monoisotopic (exact) mass is 264 g/mol. The Kier molecular flexibility index (Phi) is 3.59. The number of carbonyl (C=O) groups is 1. The number of carbonyl (C=O) groups excluding carboxylic acids is 1. The minimum Gasteiger partial charge on any atom is -0.345 e. The third-order valence-electron chi connectivity index (χ3n) is 2.49. The molecule has 0 saturated carbocycles. The van der Waals surface area contributed by atoms with Gasteiger partial charge >= 0.3 is 0 Å². The van der Waals surface area contributed by atoms with E-state index in [1.54, 1.807) is 18.2 Å². The van der Waals surface area contributed by atoms with Gasteiger partial charge in [-0.05, 0) is 11.5 Å². The summed E-state index contributed by atoms with van der Waals surface area (Å²) in [6.45, 7) is -0.130. The molecule has 0 saturated heterocycles. The number of rotatable bonds is 5. The van der Waals surface area contributed by atoms with E-state index in [1.807, 2.05) is 18.2 Å². The van der Waals surface area contributed by atoms with Crippen LogP contribution in [0.1, 0.15) is 0 Å². The number of hydrogen-bond donors (Lipinski definition) is 2. The van der Waals surface area contributed by atoms with Crippen molar-refractivity contribution in [3.8, 4) is 0 Å². The van der Waals surface area contributed by atoms with E-state index in [0.29, 0.717) is 11.8 Å². The van der Waals surface area contributed by atoms with Crippen molar-refractivity contribution in [1.29, 1.82) is 0 Å². The third-order valence-corrected chi connectivity index (χ3v) is 3.95. The van der Waals surface area contributed by atoms with Gasteiger partial charge in [0.2, 0.25) is 16.4 Å². The van der Waals surface area contributed by atoms with Crippen LogP contribution in [0.4, 0.5) is 0 Å². The van der Waals surface area contributed by atoms with Crippen molar-refractivity contribution in [2.75, 3.05) is 6.67 Å². The molecule has 0 radical (unpaired) electrons. The normalized spacial score (nSPS) is 11.3. The van der Waals surface area contributed by atoms with E-state index in [-0.39, 0.29) is 11.6 Å². The molecule has 2 N–H and O–H groups in total. The zero-order valence-corrected chi connectivity index (χ0v) is 10.3. The summed E-state index contributed by atoms with van der Waals surface area (Å²) in [5.74, 6) is 0. The molecule has 94 valence electrons. The second-order valence-electron chi connectivity index (χ2n) is 3.62. The zero-order valence-electron chi connectivity index (χ0n) is 9.46. The summed E-state index contributed by atoms with van der Waals surface area (Å²) >= 11 is 0. The van der Waals surface area contributed by atoms with Crippen LogP contribution in [0.3, 0.4) is 0 Å². The zero-order chi connectivity index (χ0) is 13.0. The number of hydrogen-bond acceptors (Lipinski definition) is 3. The highest BCUT2D eigenvalue weighted by molar-refractivity contribution is 7.89. The first-order chi connectivity index (χ1) is 8.65. The lowest BCUT2D eigenvalue weighted by Gasteiger charge is -2.08. The molecule has 0 atom stereocenters. The predicted molar refractivity (Wildman–Crippen MR) is 68.3 cm³/mol. The fraction of sp³-hybridized carbons (Fsp3) is 0.0833. The fourth-order valence-corrected chi connectivity index (χ4v) is 2.85. The van der Waals surface area contributed by atoms with E-state index in [1.165, 1.54) is 6.07 Å². The maximum absolute atomic E-state index is 12.1. The van der Waals surface area contributed by atoms with E-state index in [0.717, 1.165) is 5.39 Å². The van der Waals surface area contributed by atoms with Gasteiger partial charge in [-0.2, -0.15) is 4.72 Å². The van der Waals surface area contributed by atoms with Crippen LogP contribution in [0.25, 0.3) is 10.8 Å². The molecular weight excluding hydrogens is 252 g/mol. The van der Waals surface area contributed by atoms with Gasteiger partial charge in [-0.25, -0.2) is 8.42 Å². The Morgan fingerprint density at radius 3 is 2.56 bits per heavy atom. The summed E-state index contributed by atoms with van der Waals surface area (Å²) in [5, 5.41) is 3.75. The van der Waals surface area contributed by atoms with Gasteiger partial charge in [0.05, 0.1) is 11.6 Å². The summed E-state index contributed by atoms with van der Waals surface area (Å²) in [7, 11) is -3.63. The first-order valence-corrected chi connectivity index (χ1v) is 6.78. The number of nitrogens with one attached hydrogen (secondary N) is 2. The molecule has 0 bridgehead atoms. The van der Waals surface area contributed by atoms with Crippen molar-refractivity contribution in [2.45, 2.75) is 4.90 Å². The molecule has 0 aromatic heterocycles. The Labute approximate surface area is 105 Å². The van der Waals surface area contributed by atoms with Crippen LogP contribution in [-0.4, -0.2) is 21.5 Å². The van der Waals surface area contributed by atoms with Crippen LogP contribution in [0.5, 0.6) is 0 Å². The summed E-state index contributed by atoms with van der Waals surface area (Å²) in [4.78, 5) is 10.3. The molecular formula is C12H12N2O3S. The Morgan fingerprint density at radius 1 is 1.06 bits per heavy atom. The Bertz CT molecular complexity index is 663. The molecule has 0 unspecified atom stereocenters. The lowest BCUT2D eigenvalue weighted by molar-refractivity contribution is -0.109. The standard InChI is InChI=1S/C12H12N2O3S/c15-9-13-8-14-18(16,17)12-7-3-5-10-4-1-2-6-11(10)12/h1-7,9,14H,8H2,(H,13,15). The van der Waals surface area contributed by atoms with E-state index in [9.17, 15) is 13.2 Å². The summed E-state index contributed by atoms with van der Waals surface area (Å²) < 4.78 is 26.4. The van der Waals surface area contributed by atoms with Gasteiger partial charge in [0.1, 0.15) is 0 Å². The minimum atomic E-state index is -3.63. The molecule has 1 amide bonds. The number of fused-ring (bicyclic) bond motifs is 1. The quantitative estimate of drug-likeness (QED) is 0.477. The van der Waals surface area contributed by atoms with Crippen molar-refractivity contribution in [3.05, 3.63) is 42.5 Å². The number of benzene rings is 2. The first kappa shape index (κ1) is 12.5. The molecule has 2 aromatic rings. The molecule has 0 aliphatic heterocycles. The van der Waals surface area contributed by atoms with Crippen molar-refractivity contribution in [1.82, 2.24) is 10.0 Å². The van der Waals surface area contributed by atoms with E-state index >= 15 is 0 Å². The number of sulfonamides is 1. The first-order valence-electron chi connectivity index (χ1n) is 5.29. The molecule has 0 aliphatic rings. The average molecular weight is 264 g/mol. The van der Waals surface area contributed by atoms with Gasteiger partial charge in [0, 0.05) is 5.39 Å². The fourth-order valence-electron chi connectivity index (χ4n) is 1.69. The van der Waals surface area contributed by atoms with Gasteiger partial charge in [0.25, 0.3) is 0 Å². The minimum absolute atomic E-state index is 0.130. The van der Waals surface area contributed by atoms with Crippen LogP contribution < -0.4 is 10.0 Å². The highest BCUT2D eigenvalue weighted by Crippen LogP contribution is 2.22. The SMILES string of the molecule is O=CNCNS(=O)(=O)c1cccc2ccccc12. The molecule has 5 nitrogen and oxygen atoms in total. The maximum atomic E-state index is 12.1. The Morgan fingerprint density at radius 2 is 1.78 bits per heavy atom. The Balaban J connectivity index is 2.44. The highest BCUT2D eigenvalue weighted by atomic mass is 32.2. The molecule has 0 aliphatic carbocycles. The van der Waals surface area contributed by atoms with Crippen LogP contribution in [0.15, 0.2) is 47.4 Å². The summed E-state index contributed by atoms with van der Waals surface area (Å²) in [5.41, 5.74) is 0. The molecule has 2 aromatic carbocycles. The lowest BCUT2D eigenvalue weighted by Crippen LogP contribution is -2.33. The smallest absolute Gasteiger partial charge is 0.242 e. The lowest BCUT2D eigenvalue weighted by atomic mass is 10.1. The van der Waals surface area contributed by atoms with Crippen molar-refractivity contribution in [3.63, 3.8) is 0 Å². The van der Waals surface area contributed by atoms with Crippen molar-refractivity contribution < 1.29 is 13.2 Å². The van der Waals surface area contributed by atoms with Gasteiger partial charge in [0.15, 0.2) is 0 Å². The van der Waals surface area contributed by atoms with Crippen LogP contribution >= 0.6 is 0 Å². The van der Waals surface area contributed by atoms with Crippen LogP contribution in [-0.2, 0) is 14.8 Å². The van der Waals surface area contributed by atoms with Crippen molar-refractivity contribution >= 4 is 27.2 Å². The highest BCUT2D eigenvalue weighted by Gasteiger charge is 2.15. The second kappa shape index (κ2) is 5.16. The van der Waals surface area contributed by atoms with Crippen molar-refractivity contribution in [2.24, 2.45) is 0 Å². The average Bonchev–Trinajstić information content (AvgIpc) is 2.38. The molecule has 0 heterocycles. The van der Waals surface area contributed by atoms with Gasteiger partial charge in [-0.15, -0.1) is 0 Å². The second-order valence-corrected chi connectivity index (χ2v) is 5.36. The van der Waals surface area contributed by atoms with Crippen LogP contribution in [0, 0.1) is 0 Å².